The van der Waals surface area contributed by atoms with Crippen molar-refractivity contribution >= 4 is 5.82 Å². The maximum absolute atomic E-state index is 5.82. The van der Waals surface area contributed by atoms with Crippen molar-refractivity contribution in [3.8, 4) is 11.3 Å². The molecule has 0 radical (unpaired) electrons. The zero-order valence-corrected chi connectivity index (χ0v) is 8.73. The summed E-state index contributed by atoms with van der Waals surface area (Å²) in [5.74, 6) is 6.82. The second-order valence-electron chi connectivity index (χ2n) is 3.45. The van der Waals surface area contributed by atoms with Crippen LogP contribution in [0.5, 0.6) is 0 Å². The molecule has 78 valence electrons. The Morgan fingerprint density at radius 2 is 2.00 bits per heavy atom. The van der Waals surface area contributed by atoms with Crippen LogP contribution in [0.25, 0.3) is 11.3 Å². The normalized spacial score (nSPS) is 10.5. The zero-order valence-electron chi connectivity index (χ0n) is 8.73. The highest BCUT2D eigenvalue weighted by Gasteiger charge is 2.11. The van der Waals surface area contributed by atoms with Gasteiger partial charge in [0.05, 0.1) is 0 Å². The van der Waals surface area contributed by atoms with Gasteiger partial charge in [-0.1, -0.05) is 0 Å². The average molecular weight is 203 g/mol. The van der Waals surface area contributed by atoms with E-state index in [-0.39, 0.29) is 0 Å². The summed E-state index contributed by atoms with van der Waals surface area (Å²) in [6.07, 6.45) is 1.74. The first kappa shape index (κ1) is 9.51. The van der Waals surface area contributed by atoms with E-state index >= 15 is 0 Å². The van der Waals surface area contributed by atoms with Gasteiger partial charge in [0.25, 0.3) is 0 Å². The van der Waals surface area contributed by atoms with Crippen molar-refractivity contribution in [3.05, 3.63) is 29.8 Å². The van der Waals surface area contributed by atoms with Crippen LogP contribution in [0.3, 0.4) is 0 Å². The molecule has 0 aliphatic heterocycles. The van der Waals surface area contributed by atoms with Crippen LogP contribution in [0.2, 0.25) is 0 Å². The minimum absolute atomic E-state index is 0.457. The van der Waals surface area contributed by atoms with Gasteiger partial charge in [-0.25, -0.2) is 9.66 Å². The minimum Gasteiger partial charge on any atom is -0.382 e. The molecule has 0 aliphatic carbocycles. The molecule has 0 saturated carbocycles. The molecule has 0 bridgehead atoms. The first-order chi connectivity index (χ1) is 7.09. The Hall–Kier alpha value is -2.04. The summed E-state index contributed by atoms with van der Waals surface area (Å²) in [4.78, 5) is 8.47. The highest BCUT2D eigenvalue weighted by molar-refractivity contribution is 5.70. The van der Waals surface area contributed by atoms with Crippen molar-refractivity contribution < 1.29 is 0 Å². The number of nitrogens with two attached hydrogens (primary N) is 2. The number of nitrogens with zero attached hydrogens (tertiary/aromatic N) is 3. The monoisotopic (exact) mass is 203 g/mol. The molecular weight excluding hydrogens is 190 g/mol. The summed E-state index contributed by atoms with van der Waals surface area (Å²) in [6.45, 7) is 3.74. The van der Waals surface area contributed by atoms with Crippen molar-refractivity contribution in [1.82, 2.24) is 14.6 Å². The molecule has 2 aromatic heterocycles. The van der Waals surface area contributed by atoms with Gasteiger partial charge < -0.3 is 11.6 Å². The summed E-state index contributed by atoms with van der Waals surface area (Å²) >= 11 is 0. The van der Waals surface area contributed by atoms with Crippen molar-refractivity contribution in [2.45, 2.75) is 13.8 Å². The van der Waals surface area contributed by atoms with E-state index < -0.39 is 0 Å². The third kappa shape index (κ3) is 1.52. The Balaban J connectivity index is 2.54. The molecule has 4 N–H and O–H groups in total. The first-order valence-electron chi connectivity index (χ1n) is 4.62. The number of pyridine rings is 1. The van der Waals surface area contributed by atoms with Gasteiger partial charge in [0.2, 0.25) is 0 Å². The third-order valence-electron chi connectivity index (χ3n) is 2.31. The topological polar surface area (TPSA) is 82.8 Å². The van der Waals surface area contributed by atoms with Gasteiger partial charge in [0, 0.05) is 17.5 Å². The van der Waals surface area contributed by atoms with E-state index in [1.54, 1.807) is 6.20 Å². The number of imidazole rings is 1. The molecule has 0 amide bonds. The van der Waals surface area contributed by atoms with Crippen LogP contribution in [-0.2, 0) is 0 Å². The molecule has 0 aliphatic rings. The molecular formula is C10H13N5. The van der Waals surface area contributed by atoms with Gasteiger partial charge in [-0.05, 0) is 26.0 Å². The van der Waals surface area contributed by atoms with Crippen LogP contribution in [0, 0.1) is 13.8 Å². The van der Waals surface area contributed by atoms with E-state index in [0.717, 1.165) is 11.3 Å². The lowest BCUT2D eigenvalue weighted by Gasteiger charge is -2.00. The maximum Gasteiger partial charge on any atom is 0.150 e. The van der Waals surface area contributed by atoms with Gasteiger partial charge in [0.15, 0.2) is 5.82 Å². The van der Waals surface area contributed by atoms with Gasteiger partial charge in [0.1, 0.15) is 11.5 Å². The first-order valence-corrected chi connectivity index (χ1v) is 4.62. The van der Waals surface area contributed by atoms with Crippen LogP contribution in [0.1, 0.15) is 11.5 Å². The molecule has 0 saturated heterocycles. The van der Waals surface area contributed by atoms with E-state index in [0.29, 0.717) is 17.3 Å². The van der Waals surface area contributed by atoms with E-state index in [4.69, 9.17) is 11.6 Å². The van der Waals surface area contributed by atoms with Crippen molar-refractivity contribution in [2.24, 2.45) is 0 Å². The molecule has 0 atom stereocenters. The molecule has 0 fully saturated rings. The fraction of sp³-hybridized carbons (Fsp3) is 0.200. The second kappa shape index (κ2) is 3.27. The van der Waals surface area contributed by atoms with Crippen molar-refractivity contribution in [2.75, 3.05) is 11.6 Å². The summed E-state index contributed by atoms with van der Waals surface area (Å²) < 4.78 is 1.37. The molecule has 2 rings (SSSR count). The molecule has 0 unspecified atom stereocenters. The van der Waals surface area contributed by atoms with Crippen LogP contribution in [-0.4, -0.2) is 14.6 Å². The minimum atomic E-state index is 0.457. The number of nitrogen functional groups attached to an aromatic ring is 2. The van der Waals surface area contributed by atoms with E-state index in [1.165, 1.54) is 4.68 Å². The Morgan fingerprint density at radius 1 is 1.27 bits per heavy atom. The van der Waals surface area contributed by atoms with Crippen LogP contribution in [0.4, 0.5) is 5.82 Å². The van der Waals surface area contributed by atoms with Crippen LogP contribution < -0.4 is 11.6 Å². The summed E-state index contributed by atoms with van der Waals surface area (Å²) in [5.41, 5.74) is 8.34. The molecule has 2 heterocycles. The van der Waals surface area contributed by atoms with Gasteiger partial charge in [-0.15, -0.1) is 0 Å². The third-order valence-corrected chi connectivity index (χ3v) is 2.31. The quantitative estimate of drug-likeness (QED) is 0.673. The average Bonchev–Trinajstić information content (AvgIpc) is 2.47. The summed E-state index contributed by atoms with van der Waals surface area (Å²) in [5, 5.41) is 0. The van der Waals surface area contributed by atoms with Crippen molar-refractivity contribution in [1.29, 1.82) is 0 Å². The SMILES string of the molecule is Cc1ccc(-c2nc(C)n(N)c2N)cn1. The zero-order chi connectivity index (χ0) is 11.0. The van der Waals surface area contributed by atoms with Gasteiger partial charge in [-0.2, -0.15) is 0 Å². The largest absolute Gasteiger partial charge is 0.382 e. The van der Waals surface area contributed by atoms with Crippen LogP contribution >= 0.6 is 0 Å². The van der Waals surface area contributed by atoms with Crippen molar-refractivity contribution in [3.63, 3.8) is 0 Å². The Bertz CT molecular complexity index is 483. The number of anilines is 1. The summed E-state index contributed by atoms with van der Waals surface area (Å²) in [7, 11) is 0. The molecule has 0 spiro atoms. The number of rotatable bonds is 1. The highest BCUT2D eigenvalue weighted by atomic mass is 15.4. The predicted octanol–water partition coefficient (Wildman–Crippen LogP) is 0.858. The molecule has 5 heteroatoms. The Morgan fingerprint density at radius 3 is 2.47 bits per heavy atom. The number of aromatic nitrogens is 3. The van der Waals surface area contributed by atoms with Gasteiger partial charge >= 0.3 is 0 Å². The lowest BCUT2D eigenvalue weighted by Crippen LogP contribution is -2.13. The Kier molecular flexibility index (Phi) is 2.07. The van der Waals surface area contributed by atoms with E-state index in [2.05, 4.69) is 9.97 Å². The second-order valence-corrected chi connectivity index (χ2v) is 3.45. The predicted molar refractivity (Wildman–Crippen MR) is 59.5 cm³/mol. The maximum atomic E-state index is 5.82. The summed E-state index contributed by atoms with van der Waals surface area (Å²) in [6, 6.07) is 3.85. The van der Waals surface area contributed by atoms with Gasteiger partial charge in [-0.3, -0.25) is 4.98 Å². The van der Waals surface area contributed by atoms with E-state index in [9.17, 15) is 0 Å². The lowest BCUT2D eigenvalue weighted by molar-refractivity contribution is 0.937. The molecule has 5 nitrogen and oxygen atoms in total. The fourth-order valence-electron chi connectivity index (χ4n) is 1.38. The number of hydrogen-bond donors (Lipinski definition) is 2. The fourth-order valence-corrected chi connectivity index (χ4v) is 1.38. The number of aryl methyl sites for hydroxylation is 2. The standard InChI is InChI=1S/C10H13N5/c1-6-3-4-8(5-13-6)9-10(11)15(12)7(2)14-9/h3-5H,11-12H2,1-2H3. The smallest absolute Gasteiger partial charge is 0.150 e. The molecule has 0 aromatic carbocycles. The molecule has 2 aromatic rings. The lowest BCUT2D eigenvalue weighted by atomic mass is 10.2. The Labute approximate surface area is 87.7 Å². The highest BCUT2D eigenvalue weighted by Crippen LogP contribution is 2.23. The van der Waals surface area contributed by atoms with Crippen LogP contribution in [0.15, 0.2) is 18.3 Å². The van der Waals surface area contributed by atoms with E-state index in [1.807, 2.05) is 26.0 Å². The number of hydrogen-bond acceptors (Lipinski definition) is 4. The molecule has 15 heavy (non-hydrogen) atoms.